The highest BCUT2D eigenvalue weighted by atomic mass is 19.1. The molecule has 3 aromatic rings. The summed E-state index contributed by atoms with van der Waals surface area (Å²) < 4.78 is 41.7. The zero-order valence-corrected chi connectivity index (χ0v) is 10.6. The Bertz CT molecular complexity index is 773. The third-order valence-corrected chi connectivity index (χ3v) is 3.01. The second-order valence-corrected chi connectivity index (χ2v) is 4.35. The van der Waals surface area contributed by atoms with E-state index < -0.39 is 17.5 Å². The number of halogens is 3. The lowest BCUT2D eigenvalue weighted by molar-refractivity contribution is 0.581. The maximum absolute atomic E-state index is 13.4. The minimum atomic E-state index is -0.694. The molecule has 101 valence electrons. The molecule has 0 unspecified atom stereocenters. The number of benzene rings is 2. The van der Waals surface area contributed by atoms with E-state index in [1.807, 2.05) is 0 Å². The Labute approximate surface area is 113 Å². The average molecular weight is 275 g/mol. The van der Waals surface area contributed by atoms with Gasteiger partial charge in [-0.15, -0.1) is 0 Å². The third-order valence-electron chi connectivity index (χ3n) is 3.01. The van der Waals surface area contributed by atoms with E-state index in [4.69, 9.17) is 0 Å². The van der Waals surface area contributed by atoms with Crippen LogP contribution in [-0.2, 0) is 0 Å². The highest BCUT2D eigenvalue weighted by molar-refractivity contribution is 5.78. The topological polar surface area (TPSA) is 17.8 Å². The molecule has 2 aromatic carbocycles. The van der Waals surface area contributed by atoms with Gasteiger partial charge in [-0.3, -0.25) is 4.57 Å². The van der Waals surface area contributed by atoms with E-state index in [1.165, 1.54) is 34.9 Å². The summed E-state index contributed by atoms with van der Waals surface area (Å²) in [6.07, 6.45) is 1.70. The van der Waals surface area contributed by atoms with Gasteiger partial charge in [0.25, 0.3) is 0 Å². The van der Waals surface area contributed by atoms with E-state index in [-0.39, 0.29) is 5.69 Å². The number of rotatable bonds is 2. The highest BCUT2D eigenvalue weighted by Gasteiger charge is 2.13. The molecule has 20 heavy (non-hydrogen) atoms. The summed E-state index contributed by atoms with van der Waals surface area (Å²) >= 11 is 0. The van der Waals surface area contributed by atoms with E-state index >= 15 is 0 Å². The van der Waals surface area contributed by atoms with Crippen molar-refractivity contribution >= 4 is 11.0 Å². The predicted molar refractivity (Wildman–Crippen MR) is 70.0 cm³/mol. The first-order chi connectivity index (χ1) is 9.58. The number of hydrogen-bond acceptors (Lipinski definition) is 1. The molecule has 1 heterocycles. The molecule has 0 aliphatic heterocycles. The molecule has 0 aliphatic rings. The summed E-state index contributed by atoms with van der Waals surface area (Å²) in [4.78, 5) is 4.30. The van der Waals surface area contributed by atoms with Crippen LogP contribution in [0.25, 0.3) is 16.7 Å². The normalized spacial score (nSPS) is 11.2. The van der Waals surface area contributed by atoms with Crippen LogP contribution < -0.4 is 0 Å². The summed E-state index contributed by atoms with van der Waals surface area (Å²) in [6, 6.07) is 7.27. The van der Waals surface area contributed by atoms with E-state index in [0.29, 0.717) is 16.9 Å². The van der Waals surface area contributed by atoms with Gasteiger partial charge in [0.2, 0.25) is 0 Å². The summed E-state index contributed by atoms with van der Waals surface area (Å²) in [5, 5.41) is 0. The van der Waals surface area contributed by atoms with Crippen molar-refractivity contribution in [1.29, 1.82) is 0 Å². The molecule has 5 heteroatoms. The molecule has 2 nitrogen and oxygen atoms in total. The molecule has 1 aromatic heterocycles. The molecule has 0 aliphatic carbocycles. The summed E-state index contributed by atoms with van der Waals surface area (Å²) in [5.41, 5.74) is 1.29. The Kier molecular flexibility index (Phi) is 2.97. The van der Waals surface area contributed by atoms with Crippen molar-refractivity contribution in [3.8, 4) is 5.69 Å². The fourth-order valence-corrected chi connectivity index (χ4v) is 2.20. The first kappa shape index (κ1) is 12.7. The molecule has 0 atom stereocenters. The van der Waals surface area contributed by atoms with Crippen LogP contribution >= 0.6 is 0 Å². The molecule has 1 radical (unpaired) electrons. The summed E-state index contributed by atoms with van der Waals surface area (Å²) in [5.74, 6) is -1.32. The van der Waals surface area contributed by atoms with Crippen LogP contribution in [0.1, 0.15) is 12.7 Å². The standard InChI is InChI=1S/C15H10F3N2/c1-2-15-19-13-4-3-9(16)8-14(13)20(15)12-6-10(17)5-11(18)7-12/h2-8H,1H3. The van der Waals surface area contributed by atoms with Crippen molar-refractivity contribution in [2.45, 2.75) is 6.92 Å². The van der Waals surface area contributed by atoms with Crippen LogP contribution in [0.2, 0.25) is 0 Å². The Morgan fingerprint density at radius 1 is 0.950 bits per heavy atom. The van der Waals surface area contributed by atoms with Crippen LogP contribution in [0.15, 0.2) is 36.4 Å². The fourth-order valence-electron chi connectivity index (χ4n) is 2.20. The zero-order valence-electron chi connectivity index (χ0n) is 10.6. The van der Waals surface area contributed by atoms with Crippen LogP contribution in [-0.4, -0.2) is 9.55 Å². The predicted octanol–water partition coefficient (Wildman–Crippen LogP) is 4.02. The Morgan fingerprint density at radius 3 is 2.30 bits per heavy atom. The second-order valence-electron chi connectivity index (χ2n) is 4.35. The monoisotopic (exact) mass is 275 g/mol. The van der Waals surface area contributed by atoms with Gasteiger partial charge in [0.1, 0.15) is 23.3 Å². The first-order valence-corrected chi connectivity index (χ1v) is 6.02. The largest absolute Gasteiger partial charge is 0.296 e. The van der Waals surface area contributed by atoms with Gasteiger partial charge in [-0.25, -0.2) is 18.2 Å². The van der Waals surface area contributed by atoms with Crippen LogP contribution in [0.5, 0.6) is 0 Å². The maximum atomic E-state index is 13.4. The average Bonchev–Trinajstić information content (AvgIpc) is 2.75. The summed E-state index contributed by atoms with van der Waals surface area (Å²) in [6.45, 7) is 1.75. The number of fused-ring (bicyclic) bond motifs is 1. The number of aromatic nitrogens is 2. The highest BCUT2D eigenvalue weighted by Crippen LogP contribution is 2.24. The lowest BCUT2D eigenvalue weighted by Gasteiger charge is -2.08. The molecule has 0 saturated carbocycles. The second kappa shape index (κ2) is 4.67. The van der Waals surface area contributed by atoms with E-state index in [9.17, 15) is 13.2 Å². The van der Waals surface area contributed by atoms with Gasteiger partial charge in [-0.1, -0.05) is 6.92 Å². The molecule has 3 rings (SSSR count). The van der Waals surface area contributed by atoms with E-state index in [0.717, 1.165) is 6.07 Å². The Morgan fingerprint density at radius 2 is 1.65 bits per heavy atom. The smallest absolute Gasteiger partial charge is 0.128 e. The lowest BCUT2D eigenvalue weighted by Crippen LogP contribution is -2.00. The van der Waals surface area contributed by atoms with Crippen molar-refractivity contribution in [2.75, 3.05) is 0 Å². The van der Waals surface area contributed by atoms with Gasteiger partial charge in [-0.2, -0.15) is 0 Å². The van der Waals surface area contributed by atoms with Crippen molar-refractivity contribution in [3.63, 3.8) is 0 Å². The van der Waals surface area contributed by atoms with E-state index in [1.54, 1.807) is 13.3 Å². The lowest BCUT2D eigenvalue weighted by atomic mass is 10.2. The first-order valence-electron chi connectivity index (χ1n) is 6.02. The zero-order chi connectivity index (χ0) is 14.3. The van der Waals surface area contributed by atoms with Crippen LogP contribution in [0.3, 0.4) is 0 Å². The quantitative estimate of drug-likeness (QED) is 0.690. The van der Waals surface area contributed by atoms with Gasteiger partial charge < -0.3 is 0 Å². The Hall–Kier alpha value is -2.30. The van der Waals surface area contributed by atoms with Gasteiger partial charge >= 0.3 is 0 Å². The minimum absolute atomic E-state index is 0.267. The van der Waals surface area contributed by atoms with Crippen molar-refractivity contribution in [3.05, 3.63) is 66.1 Å². The van der Waals surface area contributed by atoms with E-state index in [2.05, 4.69) is 4.98 Å². The third kappa shape index (κ3) is 2.05. The number of imidazole rings is 1. The SMILES string of the molecule is C[CH]c1nc2ccc(F)cc2n1-c1cc(F)cc(F)c1. The van der Waals surface area contributed by atoms with Gasteiger partial charge in [0, 0.05) is 18.6 Å². The molecule has 0 N–H and O–H groups in total. The van der Waals surface area contributed by atoms with Crippen molar-refractivity contribution in [1.82, 2.24) is 9.55 Å². The molecule has 0 spiro atoms. The minimum Gasteiger partial charge on any atom is -0.296 e. The van der Waals surface area contributed by atoms with Crippen molar-refractivity contribution < 1.29 is 13.2 Å². The number of nitrogens with zero attached hydrogens (tertiary/aromatic N) is 2. The molecule has 0 fully saturated rings. The van der Waals surface area contributed by atoms with Crippen LogP contribution in [0.4, 0.5) is 13.2 Å². The molecule has 0 saturated heterocycles. The fraction of sp³-hybridized carbons (Fsp3) is 0.0667. The van der Waals surface area contributed by atoms with Crippen molar-refractivity contribution in [2.24, 2.45) is 0 Å². The molecular formula is C15H10F3N2. The number of hydrogen-bond donors (Lipinski definition) is 0. The summed E-state index contributed by atoms with van der Waals surface area (Å²) in [7, 11) is 0. The maximum Gasteiger partial charge on any atom is 0.128 e. The van der Waals surface area contributed by atoms with Gasteiger partial charge in [-0.05, 0) is 24.3 Å². The Balaban J connectivity index is 2.35. The molecule has 0 bridgehead atoms. The van der Waals surface area contributed by atoms with Gasteiger partial charge in [0.15, 0.2) is 0 Å². The van der Waals surface area contributed by atoms with Gasteiger partial charge in [0.05, 0.1) is 16.7 Å². The van der Waals surface area contributed by atoms with Crippen LogP contribution in [0, 0.1) is 23.9 Å². The molecule has 0 amide bonds. The molecular weight excluding hydrogens is 265 g/mol.